The van der Waals surface area contributed by atoms with Gasteiger partial charge in [0.1, 0.15) is 0 Å². The first-order valence-corrected chi connectivity index (χ1v) is 7.97. The molecule has 1 aliphatic carbocycles. The predicted octanol–water partition coefficient (Wildman–Crippen LogP) is 4.06. The largest absolute Gasteiger partial charge is 0.316 e. The molecule has 0 aliphatic heterocycles. The summed E-state index contributed by atoms with van der Waals surface area (Å²) in [6, 6.07) is 9.24. The molecule has 0 saturated heterocycles. The van der Waals surface area contributed by atoms with Crippen molar-refractivity contribution in [2.75, 3.05) is 13.1 Å². The first-order chi connectivity index (χ1) is 9.19. The normalized spacial score (nSPS) is 22.5. The molecule has 0 radical (unpaired) electrons. The Morgan fingerprint density at radius 1 is 1.05 bits per heavy atom. The Morgan fingerprint density at radius 3 is 2.21 bits per heavy atom. The first-order valence-electron chi connectivity index (χ1n) is 7.97. The van der Waals surface area contributed by atoms with Gasteiger partial charge in [0.15, 0.2) is 0 Å². The highest BCUT2D eigenvalue weighted by Gasteiger charge is 2.30. The Balaban J connectivity index is 1.75. The van der Waals surface area contributed by atoms with Crippen LogP contribution in [0, 0.1) is 17.8 Å². The van der Waals surface area contributed by atoms with Crippen molar-refractivity contribution >= 4 is 0 Å². The SMILES string of the molecule is CCc1ccc(CC2CCC2CNCC(C)C)cc1. The molecular formula is C18H29N. The highest BCUT2D eigenvalue weighted by molar-refractivity contribution is 5.23. The van der Waals surface area contributed by atoms with Crippen LogP contribution in [-0.2, 0) is 12.8 Å². The highest BCUT2D eigenvalue weighted by atomic mass is 14.9. The molecule has 106 valence electrons. The third-order valence-corrected chi connectivity index (χ3v) is 4.46. The van der Waals surface area contributed by atoms with Crippen LogP contribution in [-0.4, -0.2) is 13.1 Å². The average Bonchev–Trinajstić information content (AvgIpc) is 2.40. The summed E-state index contributed by atoms with van der Waals surface area (Å²) < 4.78 is 0. The lowest BCUT2D eigenvalue weighted by Crippen LogP contribution is -2.37. The Morgan fingerprint density at radius 2 is 1.68 bits per heavy atom. The third kappa shape index (κ3) is 4.35. The van der Waals surface area contributed by atoms with Gasteiger partial charge in [-0.3, -0.25) is 0 Å². The van der Waals surface area contributed by atoms with Crippen LogP contribution in [0.5, 0.6) is 0 Å². The monoisotopic (exact) mass is 259 g/mol. The van der Waals surface area contributed by atoms with Crippen LogP contribution in [0.15, 0.2) is 24.3 Å². The summed E-state index contributed by atoms with van der Waals surface area (Å²) in [5, 5.41) is 3.62. The van der Waals surface area contributed by atoms with Gasteiger partial charge in [0.05, 0.1) is 0 Å². The number of rotatable bonds is 7. The molecule has 0 bridgehead atoms. The van der Waals surface area contributed by atoms with Crippen LogP contribution in [0.1, 0.15) is 44.7 Å². The summed E-state index contributed by atoms with van der Waals surface area (Å²) in [4.78, 5) is 0. The summed E-state index contributed by atoms with van der Waals surface area (Å²) in [5.74, 6) is 2.58. The van der Waals surface area contributed by atoms with Crippen molar-refractivity contribution in [2.24, 2.45) is 17.8 Å². The molecule has 2 rings (SSSR count). The first kappa shape index (κ1) is 14.6. The van der Waals surface area contributed by atoms with Gasteiger partial charge in [-0.25, -0.2) is 0 Å². The van der Waals surface area contributed by atoms with Crippen LogP contribution >= 0.6 is 0 Å². The average molecular weight is 259 g/mol. The van der Waals surface area contributed by atoms with E-state index < -0.39 is 0 Å². The quantitative estimate of drug-likeness (QED) is 0.778. The second kappa shape index (κ2) is 7.09. The minimum absolute atomic E-state index is 0.764. The van der Waals surface area contributed by atoms with E-state index in [0.717, 1.165) is 30.7 Å². The molecule has 0 aromatic heterocycles. The molecule has 2 unspecified atom stereocenters. The maximum atomic E-state index is 3.62. The van der Waals surface area contributed by atoms with Gasteiger partial charge in [0.2, 0.25) is 0 Å². The minimum Gasteiger partial charge on any atom is -0.316 e. The fourth-order valence-corrected chi connectivity index (χ4v) is 2.95. The fourth-order valence-electron chi connectivity index (χ4n) is 2.95. The molecule has 2 atom stereocenters. The van der Waals surface area contributed by atoms with Crippen LogP contribution in [0.4, 0.5) is 0 Å². The lowest BCUT2D eigenvalue weighted by Gasteiger charge is -2.37. The standard InChI is InChI=1S/C18H29N/c1-4-15-5-7-16(8-6-15)11-17-9-10-18(17)13-19-12-14(2)3/h5-8,14,17-19H,4,9-13H2,1-3H3. The van der Waals surface area contributed by atoms with Gasteiger partial charge in [-0.1, -0.05) is 45.0 Å². The fraction of sp³-hybridized carbons (Fsp3) is 0.667. The van der Waals surface area contributed by atoms with E-state index in [1.807, 2.05) is 0 Å². The summed E-state index contributed by atoms with van der Waals surface area (Å²) in [6.07, 6.45) is 5.26. The lowest BCUT2D eigenvalue weighted by atomic mass is 9.70. The van der Waals surface area contributed by atoms with Crippen LogP contribution in [0.2, 0.25) is 0 Å². The topological polar surface area (TPSA) is 12.0 Å². The van der Waals surface area contributed by atoms with Crippen LogP contribution in [0.25, 0.3) is 0 Å². The van der Waals surface area contributed by atoms with E-state index in [9.17, 15) is 0 Å². The van der Waals surface area contributed by atoms with Gasteiger partial charge in [-0.2, -0.15) is 0 Å². The second-order valence-electron chi connectivity index (χ2n) is 6.52. The Hall–Kier alpha value is -0.820. The number of aryl methyl sites for hydroxylation is 1. The van der Waals surface area contributed by atoms with Crippen LogP contribution < -0.4 is 5.32 Å². The van der Waals surface area contributed by atoms with E-state index in [2.05, 4.69) is 50.4 Å². The van der Waals surface area contributed by atoms with Gasteiger partial charge in [-0.15, -0.1) is 0 Å². The van der Waals surface area contributed by atoms with E-state index in [-0.39, 0.29) is 0 Å². The summed E-state index contributed by atoms with van der Waals surface area (Å²) in [7, 11) is 0. The molecule has 0 heterocycles. The van der Waals surface area contributed by atoms with Crippen molar-refractivity contribution in [3.8, 4) is 0 Å². The number of nitrogens with one attached hydrogen (secondary N) is 1. The van der Waals surface area contributed by atoms with Gasteiger partial charge in [-0.05, 0) is 67.7 Å². The van der Waals surface area contributed by atoms with Gasteiger partial charge in [0.25, 0.3) is 0 Å². The van der Waals surface area contributed by atoms with E-state index >= 15 is 0 Å². The van der Waals surface area contributed by atoms with Crippen molar-refractivity contribution in [2.45, 2.75) is 46.5 Å². The second-order valence-corrected chi connectivity index (χ2v) is 6.52. The molecule has 1 aliphatic rings. The molecule has 0 spiro atoms. The summed E-state index contributed by atoms with van der Waals surface area (Å²) in [6.45, 7) is 9.16. The van der Waals surface area contributed by atoms with Gasteiger partial charge >= 0.3 is 0 Å². The lowest BCUT2D eigenvalue weighted by molar-refractivity contribution is 0.169. The Bertz CT molecular complexity index is 366. The van der Waals surface area contributed by atoms with E-state index in [1.54, 1.807) is 0 Å². The summed E-state index contributed by atoms with van der Waals surface area (Å²) in [5.41, 5.74) is 2.98. The molecule has 0 amide bonds. The molecule has 1 nitrogen and oxygen atoms in total. The molecule has 1 saturated carbocycles. The molecule has 1 aromatic rings. The third-order valence-electron chi connectivity index (χ3n) is 4.46. The van der Waals surface area contributed by atoms with Gasteiger partial charge < -0.3 is 5.32 Å². The highest BCUT2D eigenvalue weighted by Crippen LogP contribution is 2.36. The Kier molecular flexibility index (Phi) is 5.45. The van der Waals surface area contributed by atoms with E-state index in [0.29, 0.717) is 0 Å². The van der Waals surface area contributed by atoms with Crippen molar-refractivity contribution in [1.29, 1.82) is 0 Å². The molecule has 19 heavy (non-hydrogen) atoms. The van der Waals surface area contributed by atoms with Gasteiger partial charge in [0, 0.05) is 0 Å². The zero-order valence-corrected chi connectivity index (χ0v) is 12.8. The Labute approximate surface area is 118 Å². The van der Waals surface area contributed by atoms with E-state index in [1.165, 1.54) is 36.9 Å². The number of benzene rings is 1. The molecule has 1 fully saturated rings. The van der Waals surface area contributed by atoms with Crippen molar-refractivity contribution in [3.63, 3.8) is 0 Å². The van der Waals surface area contributed by atoms with E-state index in [4.69, 9.17) is 0 Å². The number of hydrogen-bond acceptors (Lipinski definition) is 1. The predicted molar refractivity (Wildman–Crippen MR) is 83.4 cm³/mol. The molecule has 1 N–H and O–H groups in total. The smallest absolute Gasteiger partial charge is 0.00176 e. The van der Waals surface area contributed by atoms with Crippen molar-refractivity contribution in [3.05, 3.63) is 35.4 Å². The number of hydrogen-bond donors (Lipinski definition) is 1. The van der Waals surface area contributed by atoms with Crippen molar-refractivity contribution < 1.29 is 0 Å². The zero-order valence-electron chi connectivity index (χ0n) is 12.8. The minimum atomic E-state index is 0.764. The molecule has 1 aromatic carbocycles. The zero-order chi connectivity index (χ0) is 13.7. The summed E-state index contributed by atoms with van der Waals surface area (Å²) >= 11 is 0. The molecular weight excluding hydrogens is 230 g/mol. The maximum Gasteiger partial charge on any atom is -0.00176 e. The molecule has 1 heteroatoms. The van der Waals surface area contributed by atoms with Crippen LogP contribution in [0.3, 0.4) is 0 Å². The van der Waals surface area contributed by atoms with Crippen molar-refractivity contribution in [1.82, 2.24) is 5.32 Å². The maximum absolute atomic E-state index is 3.62.